The average molecular weight is 309 g/mol. The van der Waals surface area contributed by atoms with Crippen LogP contribution in [0.1, 0.15) is 19.4 Å². The molecule has 1 fully saturated rings. The molecule has 0 bridgehead atoms. The first-order valence-electron chi connectivity index (χ1n) is 7.06. The number of likely N-dealkylation sites (N-methyl/N-ethyl adjacent to an activating group) is 1. The highest BCUT2D eigenvalue weighted by Gasteiger charge is 2.26. The van der Waals surface area contributed by atoms with Gasteiger partial charge in [0.25, 0.3) is 0 Å². The van der Waals surface area contributed by atoms with Gasteiger partial charge < -0.3 is 10.0 Å². The Morgan fingerprint density at radius 3 is 2.48 bits per heavy atom. The number of hydrogen-bond acceptors (Lipinski definition) is 3. The Bertz CT molecular complexity index is 547. The predicted octanol–water partition coefficient (Wildman–Crippen LogP) is 2.97. The van der Waals surface area contributed by atoms with Gasteiger partial charge in [0.15, 0.2) is 0 Å². The molecule has 114 valence electrons. The fraction of sp³-hybridized carbons (Fsp3) is 0.438. The zero-order chi connectivity index (χ0) is 15.6. The van der Waals surface area contributed by atoms with E-state index in [0.717, 1.165) is 30.4 Å². The Hall–Kier alpha value is -1.52. The van der Waals surface area contributed by atoms with E-state index < -0.39 is 5.97 Å². The van der Waals surface area contributed by atoms with Crippen molar-refractivity contribution in [2.75, 3.05) is 25.0 Å². The maximum atomic E-state index is 10.6. The lowest BCUT2D eigenvalue weighted by Crippen LogP contribution is -2.55. The van der Waals surface area contributed by atoms with E-state index in [1.165, 1.54) is 6.08 Å². The van der Waals surface area contributed by atoms with Crippen LogP contribution in [-0.4, -0.2) is 48.2 Å². The quantitative estimate of drug-likeness (QED) is 0.872. The minimum absolute atomic E-state index is 0.485. The number of carboxylic acid groups (broad SMARTS) is 1. The van der Waals surface area contributed by atoms with Crippen molar-refractivity contribution in [1.29, 1.82) is 0 Å². The molecule has 4 nitrogen and oxygen atoms in total. The molecule has 0 saturated carbocycles. The molecule has 0 spiro atoms. The number of aliphatic carboxylic acids is 1. The highest BCUT2D eigenvalue weighted by Crippen LogP contribution is 2.27. The summed E-state index contributed by atoms with van der Waals surface area (Å²) in [4.78, 5) is 15.3. The first-order chi connectivity index (χ1) is 9.88. The van der Waals surface area contributed by atoms with Gasteiger partial charge in [-0.3, -0.25) is 4.90 Å². The van der Waals surface area contributed by atoms with Gasteiger partial charge in [-0.2, -0.15) is 0 Å². The van der Waals surface area contributed by atoms with E-state index in [1.54, 1.807) is 0 Å². The van der Waals surface area contributed by atoms with Crippen LogP contribution in [0.25, 0.3) is 6.08 Å². The first kappa shape index (κ1) is 15.9. The van der Waals surface area contributed by atoms with E-state index in [-0.39, 0.29) is 0 Å². The summed E-state index contributed by atoms with van der Waals surface area (Å²) in [7, 11) is 2.15. The molecule has 1 heterocycles. The van der Waals surface area contributed by atoms with Crippen LogP contribution < -0.4 is 4.90 Å². The monoisotopic (exact) mass is 308 g/mol. The smallest absolute Gasteiger partial charge is 0.328 e. The zero-order valence-corrected chi connectivity index (χ0v) is 13.3. The molecule has 1 N–H and O–H groups in total. The van der Waals surface area contributed by atoms with Gasteiger partial charge in [-0.05, 0) is 44.7 Å². The molecule has 0 aliphatic carbocycles. The fourth-order valence-electron chi connectivity index (χ4n) is 2.62. The second-order valence-corrected chi connectivity index (χ2v) is 6.05. The molecule has 1 aromatic rings. The van der Waals surface area contributed by atoms with Crippen molar-refractivity contribution in [3.63, 3.8) is 0 Å². The Kier molecular flexibility index (Phi) is 4.91. The lowest BCUT2D eigenvalue weighted by Gasteiger charge is -2.43. The number of carbonyl (C=O) groups is 1. The van der Waals surface area contributed by atoms with Crippen molar-refractivity contribution in [3.05, 3.63) is 34.9 Å². The minimum atomic E-state index is -0.975. The SMILES string of the molecule is CC1CN(c2ccc(/C=C/C(=O)O)c(Cl)c2)CC(C)N1C. The normalized spacial score (nSPS) is 23.7. The molecule has 1 aliphatic rings. The van der Waals surface area contributed by atoms with Crippen LogP contribution in [0.2, 0.25) is 5.02 Å². The van der Waals surface area contributed by atoms with Crippen LogP contribution in [0.15, 0.2) is 24.3 Å². The van der Waals surface area contributed by atoms with Crippen LogP contribution in [-0.2, 0) is 4.79 Å². The molecule has 2 rings (SSSR count). The van der Waals surface area contributed by atoms with Crippen molar-refractivity contribution in [1.82, 2.24) is 4.90 Å². The summed E-state index contributed by atoms with van der Waals surface area (Å²) in [6.45, 7) is 6.35. The second kappa shape index (κ2) is 6.50. The number of piperazine rings is 1. The zero-order valence-electron chi connectivity index (χ0n) is 12.6. The molecule has 1 aromatic carbocycles. The number of rotatable bonds is 3. The van der Waals surface area contributed by atoms with Crippen molar-refractivity contribution in [3.8, 4) is 0 Å². The summed E-state index contributed by atoms with van der Waals surface area (Å²) >= 11 is 6.25. The molecule has 0 amide bonds. The Morgan fingerprint density at radius 2 is 1.95 bits per heavy atom. The molecule has 5 heteroatoms. The van der Waals surface area contributed by atoms with E-state index in [9.17, 15) is 4.79 Å². The molecule has 2 unspecified atom stereocenters. The first-order valence-corrected chi connectivity index (χ1v) is 7.43. The summed E-state index contributed by atoms with van der Waals surface area (Å²) in [5.74, 6) is -0.975. The van der Waals surface area contributed by atoms with E-state index in [2.05, 4.69) is 30.7 Å². The Morgan fingerprint density at radius 1 is 1.33 bits per heavy atom. The number of benzene rings is 1. The molecule has 0 radical (unpaired) electrons. The number of hydrogen-bond donors (Lipinski definition) is 1. The van der Waals surface area contributed by atoms with E-state index in [0.29, 0.717) is 17.1 Å². The van der Waals surface area contributed by atoms with Crippen molar-refractivity contribution >= 4 is 29.3 Å². The van der Waals surface area contributed by atoms with Gasteiger partial charge in [0.05, 0.1) is 0 Å². The van der Waals surface area contributed by atoms with E-state index >= 15 is 0 Å². The third-order valence-corrected chi connectivity index (χ3v) is 4.44. The highest BCUT2D eigenvalue weighted by molar-refractivity contribution is 6.32. The van der Waals surface area contributed by atoms with Crippen molar-refractivity contribution in [2.24, 2.45) is 0 Å². The summed E-state index contributed by atoms with van der Waals surface area (Å²) in [5.41, 5.74) is 1.80. The van der Waals surface area contributed by atoms with Gasteiger partial charge in [0, 0.05) is 42.0 Å². The molecular weight excluding hydrogens is 288 g/mol. The third kappa shape index (κ3) is 3.77. The second-order valence-electron chi connectivity index (χ2n) is 5.65. The molecule has 0 aromatic heterocycles. The molecule has 1 aliphatic heterocycles. The number of halogens is 1. The summed E-state index contributed by atoms with van der Waals surface area (Å²) in [6.07, 6.45) is 2.62. The lowest BCUT2D eigenvalue weighted by atomic mass is 10.1. The summed E-state index contributed by atoms with van der Waals surface area (Å²) in [5, 5.41) is 9.24. The Labute approximate surface area is 130 Å². The maximum absolute atomic E-state index is 10.6. The van der Waals surface area contributed by atoms with E-state index in [4.69, 9.17) is 16.7 Å². The topological polar surface area (TPSA) is 43.8 Å². The van der Waals surface area contributed by atoms with E-state index in [1.807, 2.05) is 18.2 Å². The third-order valence-electron chi connectivity index (χ3n) is 4.11. The predicted molar refractivity (Wildman–Crippen MR) is 87.0 cm³/mol. The van der Waals surface area contributed by atoms with Crippen molar-refractivity contribution in [2.45, 2.75) is 25.9 Å². The van der Waals surface area contributed by atoms with Crippen LogP contribution in [0.5, 0.6) is 0 Å². The van der Waals surface area contributed by atoms with Crippen LogP contribution in [0, 0.1) is 0 Å². The van der Waals surface area contributed by atoms with Gasteiger partial charge in [-0.1, -0.05) is 17.7 Å². The van der Waals surface area contributed by atoms with Gasteiger partial charge >= 0.3 is 5.97 Å². The number of carboxylic acids is 1. The fourth-order valence-corrected chi connectivity index (χ4v) is 2.86. The highest BCUT2D eigenvalue weighted by atomic mass is 35.5. The summed E-state index contributed by atoms with van der Waals surface area (Å²) in [6, 6.07) is 6.75. The van der Waals surface area contributed by atoms with Crippen molar-refractivity contribution < 1.29 is 9.90 Å². The average Bonchev–Trinajstić information content (AvgIpc) is 2.42. The van der Waals surface area contributed by atoms with Gasteiger partial charge in [0.2, 0.25) is 0 Å². The number of anilines is 1. The largest absolute Gasteiger partial charge is 0.478 e. The number of nitrogens with zero attached hydrogens (tertiary/aromatic N) is 2. The standard InChI is InChI=1S/C16H21ClN2O2/c1-11-9-19(10-12(2)18(11)3)14-6-4-13(15(17)8-14)5-7-16(20)21/h4-8,11-12H,9-10H2,1-3H3,(H,20,21)/b7-5+. The molecule has 21 heavy (non-hydrogen) atoms. The van der Waals surface area contributed by atoms with Crippen LogP contribution >= 0.6 is 11.6 Å². The molecule has 1 saturated heterocycles. The molecule has 2 atom stereocenters. The maximum Gasteiger partial charge on any atom is 0.328 e. The van der Waals surface area contributed by atoms with Crippen LogP contribution in [0.4, 0.5) is 5.69 Å². The lowest BCUT2D eigenvalue weighted by molar-refractivity contribution is -0.131. The minimum Gasteiger partial charge on any atom is -0.478 e. The molecular formula is C16H21ClN2O2. The van der Waals surface area contributed by atoms with Gasteiger partial charge in [-0.25, -0.2) is 4.79 Å². The Balaban J connectivity index is 2.18. The summed E-state index contributed by atoms with van der Waals surface area (Å²) < 4.78 is 0. The van der Waals surface area contributed by atoms with Crippen LogP contribution in [0.3, 0.4) is 0 Å². The van der Waals surface area contributed by atoms with Gasteiger partial charge in [0.1, 0.15) is 0 Å². The van der Waals surface area contributed by atoms with Gasteiger partial charge in [-0.15, -0.1) is 0 Å².